The SMILES string of the molecule is O=C(O)C(Cc1ccccc1)C1C(=O)Cc2ccccc21. The van der Waals surface area contributed by atoms with Gasteiger partial charge in [-0.05, 0) is 23.1 Å². The maximum atomic E-state index is 12.3. The summed E-state index contributed by atoms with van der Waals surface area (Å²) in [6.45, 7) is 0. The second-order valence-corrected chi connectivity index (χ2v) is 5.45. The van der Waals surface area contributed by atoms with E-state index in [0.717, 1.165) is 16.7 Å². The van der Waals surface area contributed by atoms with Crippen molar-refractivity contribution in [1.82, 2.24) is 0 Å². The number of fused-ring (bicyclic) bond motifs is 1. The minimum atomic E-state index is -0.908. The first-order valence-corrected chi connectivity index (χ1v) is 7.04. The number of benzene rings is 2. The van der Waals surface area contributed by atoms with Gasteiger partial charge in [0.15, 0.2) is 0 Å². The Bertz CT molecular complexity index is 676. The number of Topliss-reactive ketones (excluding diaryl/α,β-unsaturated/α-hetero) is 1. The van der Waals surface area contributed by atoms with Gasteiger partial charge in [0, 0.05) is 6.42 Å². The van der Waals surface area contributed by atoms with Crippen LogP contribution in [0.25, 0.3) is 0 Å². The predicted octanol–water partition coefficient (Wildman–Crippen LogP) is 2.84. The van der Waals surface area contributed by atoms with Crippen molar-refractivity contribution >= 4 is 11.8 Å². The van der Waals surface area contributed by atoms with Crippen LogP contribution in [0.1, 0.15) is 22.6 Å². The lowest BCUT2D eigenvalue weighted by atomic mass is 9.82. The molecule has 2 unspecified atom stereocenters. The molecule has 21 heavy (non-hydrogen) atoms. The van der Waals surface area contributed by atoms with Gasteiger partial charge in [0.2, 0.25) is 0 Å². The molecule has 3 heteroatoms. The Hall–Kier alpha value is -2.42. The number of carboxylic acid groups (broad SMARTS) is 1. The van der Waals surface area contributed by atoms with Crippen LogP contribution in [0.15, 0.2) is 54.6 Å². The summed E-state index contributed by atoms with van der Waals surface area (Å²) < 4.78 is 0. The van der Waals surface area contributed by atoms with Crippen molar-refractivity contribution in [3.05, 3.63) is 71.3 Å². The molecule has 2 atom stereocenters. The number of carbonyl (C=O) groups excluding carboxylic acids is 1. The number of carboxylic acids is 1. The van der Waals surface area contributed by atoms with Crippen molar-refractivity contribution < 1.29 is 14.7 Å². The third kappa shape index (κ3) is 2.59. The summed E-state index contributed by atoms with van der Waals surface area (Å²) in [5.41, 5.74) is 2.79. The Morgan fingerprint density at radius 2 is 1.76 bits per heavy atom. The second kappa shape index (κ2) is 5.52. The molecule has 0 saturated carbocycles. The minimum absolute atomic E-state index is 0.0135. The number of rotatable bonds is 4. The molecule has 0 heterocycles. The Morgan fingerprint density at radius 1 is 1.10 bits per heavy atom. The number of hydrogen-bond donors (Lipinski definition) is 1. The number of hydrogen-bond acceptors (Lipinski definition) is 2. The summed E-state index contributed by atoms with van der Waals surface area (Å²) in [5, 5.41) is 9.59. The number of ketones is 1. The minimum Gasteiger partial charge on any atom is -0.481 e. The largest absolute Gasteiger partial charge is 0.481 e. The van der Waals surface area contributed by atoms with Gasteiger partial charge in [0.05, 0.1) is 11.8 Å². The van der Waals surface area contributed by atoms with E-state index in [1.807, 2.05) is 54.6 Å². The Labute approximate surface area is 123 Å². The van der Waals surface area contributed by atoms with E-state index in [9.17, 15) is 14.7 Å². The van der Waals surface area contributed by atoms with Gasteiger partial charge in [0.1, 0.15) is 5.78 Å². The standard InChI is InChI=1S/C18H16O3/c19-16-11-13-8-4-5-9-14(13)17(16)15(18(20)21)10-12-6-2-1-3-7-12/h1-9,15,17H,10-11H2,(H,20,21). The third-order valence-electron chi connectivity index (χ3n) is 4.12. The molecular formula is C18H16O3. The summed E-state index contributed by atoms with van der Waals surface area (Å²) in [4.78, 5) is 24.0. The smallest absolute Gasteiger partial charge is 0.307 e. The van der Waals surface area contributed by atoms with E-state index in [0.29, 0.717) is 12.8 Å². The van der Waals surface area contributed by atoms with Crippen LogP contribution in [0.5, 0.6) is 0 Å². The zero-order valence-electron chi connectivity index (χ0n) is 11.5. The van der Waals surface area contributed by atoms with Crippen molar-refractivity contribution in [3.63, 3.8) is 0 Å². The van der Waals surface area contributed by atoms with E-state index in [1.165, 1.54) is 0 Å². The number of carbonyl (C=O) groups is 2. The van der Waals surface area contributed by atoms with E-state index in [1.54, 1.807) is 0 Å². The van der Waals surface area contributed by atoms with Gasteiger partial charge in [-0.2, -0.15) is 0 Å². The molecule has 1 aliphatic carbocycles. The normalized spacial score (nSPS) is 18.3. The summed E-state index contributed by atoms with van der Waals surface area (Å²) in [6.07, 6.45) is 0.723. The van der Waals surface area contributed by atoms with E-state index in [2.05, 4.69) is 0 Å². The fourth-order valence-corrected chi connectivity index (χ4v) is 3.13. The van der Waals surface area contributed by atoms with Gasteiger partial charge in [-0.3, -0.25) is 9.59 Å². The topological polar surface area (TPSA) is 54.4 Å². The Morgan fingerprint density at radius 3 is 2.48 bits per heavy atom. The highest BCUT2D eigenvalue weighted by Gasteiger charge is 2.39. The first kappa shape index (κ1) is 13.6. The molecule has 0 radical (unpaired) electrons. The molecular weight excluding hydrogens is 264 g/mol. The number of aliphatic carboxylic acids is 1. The van der Waals surface area contributed by atoms with Gasteiger partial charge in [-0.15, -0.1) is 0 Å². The molecule has 1 aliphatic rings. The zero-order chi connectivity index (χ0) is 14.8. The van der Waals surface area contributed by atoms with E-state index in [-0.39, 0.29) is 5.78 Å². The quantitative estimate of drug-likeness (QED) is 0.937. The molecule has 106 valence electrons. The van der Waals surface area contributed by atoms with E-state index >= 15 is 0 Å². The first-order chi connectivity index (χ1) is 10.2. The highest BCUT2D eigenvalue weighted by atomic mass is 16.4. The third-order valence-corrected chi connectivity index (χ3v) is 4.12. The van der Waals surface area contributed by atoms with Crippen LogP contribution in [0.4, 0.5) is 0 Å². The van der Waals surface area contributed by atoms with Crippen molar-refractivity contribution in [2.24, 2.45) is 5.92 Å². The van der Waals surface area contributed by atoms with Crippen LogP contribution in [0, 0.1) is 5.92 Å². The van der Waals surface area contributed by atoms with Gasteiger partial charge in [-0.25, -0.2) is 0 Å². The second-order valence-electron chi connectivity index (χ2n) is 5.45. The van der Waals surface area contributed by atoms with Crippen molar-refractivity contribution in [2.75, 3.05) is 0 Å². The summed E-state index contributed by atoms with van der Waals surface area (Å²) in [5.74, 6) is -2.13. The highest BCUT2D eigenvalue weighted by Crippen LogP contribution is 2.37. The lowest BCUT2D eigenvalue weighted by molar-refractivity contribution is -0.144. The highest BCUT2D eigenvalue weighted by molar-refractivity contribution is 5.96. The average Bonchev–Trinajstić information content (AvgIpc) is 2.81. The van der Waals surface area contributed by atoms with Gasteiger partial charge < -0.3 is 5.11 Å². The zero-order valence-corrected chi connectivity index (χ0v) is 11.5. The summed E-state index contributed by atoms with van der Waals surface area (Å²) in [6, 6.07) is 17.0. The molecule has 0 saturated heterocycles. The van der Waals surface area contributed by atoms with Crippen LogP contribution in [-0.4, -0.2) is 16.9 Å². The van der Waals surface area contributed by atoms with Crippen molar-refractivity contribution in [1.29, 1.82) is 0 Å². The van der Waals surface area contributed by atoms with Gasteiger partial charge >= 0.3 is 5.97 Å². The molecule has 3 rings (SSSR count). The maximum absolute atomic E-state index is 12.3. The van der Waals surface area contributed by atoms with E-state index in [4.69, 9.17) is 0 Å². The molecule has 1 N–H and O–H groups in total. The lowest BCUT2D eigenvalue weighted by Crippen LogP contribution is -2.27. The molecule has 0 bridgehead atoms. The summed E-state index contributed by atoms with van der Waals surface area (Å²) in [7, 11) is 0. The average molecular weight is 280 g/mol. The van der Waals surface area contributed by atoms with E-state index < -0.39 is 17.8 Å². The summed E-state index contributed by atoms with van der Waals surface area (Å²) >= 11 is 0. The molecule has 0 fully saturated rings. The monoisotopic (exact) mass is 280 g/mol. The maximum Gasteiger partial charge on any atom is 0.307 e. The molecule has 0 amide bonds. The van der Waals surface area contributed by atoms with Crippen molar-refractivity contribution in [2.45, 2.75) is 18.8 Å². The fraction of sp³-hybridized carbons (Fsp3) is 0.222. The first-order valence-electron chi connectivity index (χ1n) is 7.04. The Kier molecular flexibility index (Phi) is 3.57. The van der Waals surface area contributed by atoms with Crippen LogP contribution < -0.4 is 0 Å². The molecule has 0 aliphatic heterocycles. The Balaban J connectivity index is 1.95. The lowest BCUT2D eigenvalue weighted by Gasteiger charge is -2.19. The molecule has 2 aromatic carbocycles. The fourth-order valence-electron chi connectivity index (χ4n) is 3.13. The van der Waals surface area contributed by atoms with Crippen LogP contribution in [0.3, 0.4) is 0 Å². The van der Waals surface area contributed by atoms with Crippen molar-refractivity contribution in [3.8, 4) is 0 Å². The van der Waals surface area contributed by atoms with Gasteiger partial charge in [-0.1, -0.05) is 54.6 Å². The van der Waals surface area contributed by atoms with Crippen LogP contribution >= 0.6 is 0 Å². The molecule has 2 aromatic rings. The molecule has 0 aromatic heterocycles. The predicted molar refractivity (Wildman–Crippen MR) is 79.2 cm³/mol. The van der Waals surface area contributed by atoms with Crippen LogP contribution in [-0.2, 0) is 22.4 Å². The molecule has 0 spiro atoms. The van der Waals surface area contributed by atoms with Gasteiger partial charge in [0.25, 0.3) is 0 Å². The van der Waals surface area contributed by atoms with Crippen LogP contribution in [0.2, 0.25) is 0 Å². The molecule has 3 nitrogen and oxygen atoms in total.